The molecule has 164 valence electrons. The van der Waals surface area contributed by atoms with E-state index in [0.717, 1.165) is 46.1 Å². The maximum absolute atomic E-state index is 13.2. The number of thiocarbonyl (C=S) groups is 1. The summed E-state index contributed by atoms with van der Waals surface area (Å²) in [5.41, 5.74) is 2.99. The molecule has 1 amide bonds. The van der Waals surface area contributed by atoms with Gasteiger partial charge in [-0.1, -0.05) is 43.5 Å². The minimum atomic E-state index is -0.00662. The van der Waals surface area contributed by atoms with E-state index >= 15 is 0 Å². The highest BCUT2D eigenvalue weighted by atomic mass is 127. The van der Waals surface area contributed by atoms with Gasteiger partial charge < -0.3 is 9.64 Å². The minimum Gasteiger partial charge on any atom is -0.488 e. The van der Waals surface area contributed by atoms with E-state index in [1.165, 1.54) is 6.42 Å². The van der Waals surface area contributed by atoms with Gasteiger partial charge in [0.15, 0.2) is 5.11 Å². The molecule has 0 unspecified atom stereocenters. The predicted molar refractivity (Wildman–Crippen MR) is 137 cm³/mol. The summed E-state index contributed by atoms with van der Waals surface area (Å²) in [5, 5.41) is 9.84. The first kappa shape index (κ1) is 22.7. The summed E-state index contributed by atoms with van der Waals surface area (Å²) < 4.78 is 6.90. The molecular weight excluding hydrogens is 533 g/mol. The van der Waals surface area contributed by atoms with Crippen LogP contribution >= 0.6 is 34.8 Å². The Morgan fingerprint density at radius 3 is 2.69 bits per heavy atom. The van der Waals surface area contributed by atoms with Crippen LogP contribution in [-0.2, 0) is 11.4 Å². The fraction of sp³-hybridized carbons (Fsp3) is 0.320. The van der Waals surface area contributed by atoms with Crippen molar-refractivity contribution in [2.75, 3.05) is 7.05 Å². The predicted octanol–water partition coefficient (Wildman–Crippen LogP) is 5.47. The Kier molecular flexibility index (Phi) is 7.11. The number of amides is 1. The Balaban J connectivity index is 1.50. The first-order chi connectivity index (χ1) is 15.5. The number of hydrogen-bond donors (Lipinski definition) is 0. The quantitative estimate of drug-likeness (QED) is 0.277. The third kappa shape index (κ3) is 4.66. The number of benzene rings is 2. The van der Waals surface area contributed by atoms with Crippen LogP contribution in [0.15, 0.2) is 48.2 Å². The van der Waals surface area contributed by atoms with Gasteiger partial charge in [0.2, 0.25) is 0 Å². The van der Waals surface area contributed by atoms with Crippen molar-refractivity contribution in [2.24, 2.45) is 0 Å². The van der Waals surface area contributed by atoms with Crippen LogP contribution in [0.3, 0.4) is 0 Å². The molecule has 0 atom stereocenters. The number of hydrogen-bond acceptors (Lipinski definition) is 4. The third-order valence-corrected chi connectivity index (χ3v) is 7.33. The van der Waals surface area contributed by atoms with Gasteiger partial charge in [-0.2, -0.15) is 5.26 Å². The molecule has 0 radical (unpaired) electrons. The van der Waals surface area contributed by atoms with Crippen molar-refractivity contribution >= 4 is 51.9 Å². The molecule has 2 aliphatic rings. The Morgan fingerprint density at radius 1 is 1.22 bits per heavy atom. The molecule has 1 saturated carbocycles. The Labute approximate surface area is 207 Å². The van der Waals surface area contributed by atoms with Crippen molar-refractivity contribution in [1.29, 1.82) is 5.26 Å². The van der Waals surface area contributed by atoms with Crippen molar-refractivity contribution in [1.82, 2.24) is 9.80 Å². The summed E-state index contributed by atoms with van der Waals surface area (Å²) in [6.45, 7) is 0.325. The highest BCUT2D eigenvalue weighted by Gasteiger charge is 2.40. The van der Waals surface area contributed by atoms with Gasteiger partial charge >= 0.3 is 0 Å². The van der Waals surface area contributed by atoms with E-state index in [2.05, 4.69) is 28.7 Å². The standard InChI is InChI=1S/C25H24IN3O2S/c1-28-22(24(30)29(25(28)32)20-9-3-2-4-10-20)14-17-11-12-23(21(26)13-17)31-16-19-8-6-5-7-18(19)15-27/h5-8,11-14,20H,2-4,9-10,16H2,1H3/b22-14-. The van der Waals surface area contributed by atoms with Crippen LogP contribution in [0.1, 0.15) is 48.8 Å². The molecule has 2 aromatic rings. The fourth-order valence-electron chi connectivity index (χ4n) is 4.23. The zero-order valence-electron chi connectivity index (χ0n) is 17.9. The number of carbonyl (C=O) groups is 1. The number of nitrogens with zero attached hydrogens (tertiary/aromatic N) is 3. The molecule has 1 saturated heterocycles. The van der Waals surface area contributed by atoms with Crippen LogP contribution in [0.5, 0.6) is 5.75 Å². The minimum absolute atomic E-state index is 0.00662. The largest absolute Gasteiger partial charge is 0.488 e. The highest BCUT2D eigenvalue weighted by molar-refractivity contribution is 14.1. The maximum Gasteiger partial charge on any atom is 0.277 e. The van der Waals surface area contributed by atoms with Gasteiger partial charge in [0.1, 0.15) is 18.1 Å². The molecule has 0 aromatic heterocycles. The SMILES string of the molecule is CN1C(=S)N(C2CCCCC2)C(=O)/C1=C/c1ccc(OCc2ccccc2C#N)c(I)c1. The summed E-state index contributed by atoms with van der Waals surface area (Å²) in [6.07, 6.45) is 7.47. The van der Waals surface area contributed by atoms with Crippen molar-refractivity contribution in [3.63, 3.8) is 0 Å². The number of ether oxygens (including phenoxy) is 1. The van der Waals surface area contributed by atoms with Crippen LogP contribution in [0.2, 0.25) is 0 Å². The van der Waals surface area contributed by atoms with Crippen LogP contribution < -0.4 is 4.74 Å². The van der Waals surface area contributed by atoms with Gasteiger partial charge in [-0.25, -0.2) is 0 Å². The third-order valence-electron chi connectivity index (χ3n) is 6.01. The number of halogens is 1. The maximum atomic E-state index is 13.2. The second-order valence-corrected chi connectivity index (χ2v) is 9.61. The fourth-order valence-corrected chi connectivity index (χ4v) is 5.26. The molecule has 0 bridgehead atoms. The first-order valence-electron chi connectivity index (χ1n) is 10.7. The van der Waals surface area contributed by atoms with Crippen LogP contribution in [0, 0.1) is 14.9 Å². The van der Waals surface area contributed by atoms with E-state index in [4.69, 9.17) is 17.0 Å². The van der Waals surface area contributed by atoms with Gasteiger partial charge in [0.05, 0.1) is 15.2 Å². The van der Waals surface area contributed by atoms with Crippen LogP contribution in [0.25, 0.3) is 6.08 Å². The Bertz CT molecular complexity index is 1120. The zero-order chi connectivity index (χ0) is 22.7. The topological polar surface area (TPSA) is 56.6 Å². The summed E-state index contributed by atoms with van der Waals surface area (Å²) in [4.78, 5) is 16.8. The molecule has 2 fully saturated rings. The molecule has 7 heteroatoms. The van der Waals surface area contributed by atoms with E-state index in [9.17, 15) is 10.1 Å². The molecule has 5 nitrogen and oxygen atoms in total. The van der Waals surface area contributed by atoms with Crippen LogP contribution in [-0.4, -0.2) is 33.9 Å². The smallest absolute Gasteiger partial charge is 0.277 e. The highest BCUT2D eigenvalue weighted by Crippen LogP contribution is 2.31. The van der Waals surface area contributed by atoms with Gasteiger partial charge in [-0.05, 0) is 77.5 Å². The van der Waals surface area contributed by atoms with Crippen molar-refractivity contribution < 1.29 is 9.53 Å². The summed E-state index contributed by atoms with van der Waals surface area (Å²) in [7, 11) is 1.87. The lowest BCUT2D eigenvalue weighted by molar-refractivity contribution is -0.124. The molecule has 0 N–H and O–H groups in total. The number of likely N-dealkylation sites (N-methyl/N-ethyl adjacent to an activating group) is 1. The lowest BCUT2D eigenvalue weighted by Gasteiger charge is -2.30. The number of rotatable bonds is 5. The average molecular weight is 557 g/mol. The van der Waals surface area contributed by atoms with Gasteiger partial charge in [0, 0.05) is 18.7 Å². The van der Waals surface area contributed by atoms with Crippen LogP contribution in [0.4, 0.5) is 0 Å². The van der Waals surface area contributed by atoms with E-state index < -0.39 is 0 Å². The van der Waals surface area contributed by atoms with Gasteiger partial charge in [0.25, 0.3) is 5.91 Å². The second kappa shape index (κ2) is 10.0. The molecule has 1 aliphatic heterocycles. The lowest BCUT2D eigenvalue weighted by atomic mass is 9.94. The summed E-state index contributed by atoms with van der Waals surface area (Å²) >= 11 is 7.84. The Morgan fingerprint density at radius 2 is 1.97 bits per heavy atom. The normalized spacial score (nSPS) is 18.3. The number of nitriles is 1. The van der Waals surface area contributed by atoms with Gasteiger partial charge in [-0.3, -0.25) is 9.69 Å². The number of carbonyl (C=O) groups excluding carboxylic acids is 1. The molecular formula is C25H24IN3O2S. The summed E-state index contributed by atoms with van der Waals surface area (Å²) in [5.74, 6) is 0.735. The molecule has 2 aromatic carbocycles. The van der Waals surface area contributed by atoms with Gasteiger partial charge in [-0.15, -0.1) is 0 Å². The molecule has 32 heavy (non-hydrogen) atoms. The van der Waals surface area contributed by atoms with Crippen molar-refractivity contribution in [2.45, 2.75) is 44.8 Å². The van der Waals surface area contributed by atoms with Crippen molar-refractivity contribution in [3.05, 3.63) is 68.4 Å². The lowest BCUT2D eigenvalue weighted by Crippen LogP contribution is -2.41. The monoisotopic (exact) mass is 557 g/mol. The van der Waals surface area contributed by atoms with E-state index in [0.29, 0.717) is 23.0 Å². The zero-order valence-corrected chi connectivity index (χ0v) is 20.9. The van der Waals surface area contributed by atoms with E-state index in [1.54, 1.807) is 6.07 Å². The summed E-state index contributed by atoms with van der Waals surface area (Å²) in [6, 6.07) is 15.7. The molecule has 1 aliphatic carbocycles. The first-order valence-corrected chi connectivity index (χ1v) is 12.2. The van der Waals surface area contributed by atoms with E-state index in [1.807, 2.05) is 59.3 Å². The molecule has 1 heterocycles. The van der Waals surface area contributed by atoms with Crippen molar-refractivity contribution in [3.8, 4) is 11.8 Å². The molecule has 4 rings (SSSR count). The molecule has 0 spiro atoms. The second-order valence-electron chi connectivity index (χ2n) is 8.09. The van der Waals surface area contributed by atoms with E-state index in [-0.39, 0.29) is 11.9 Å². The Hall–Kier alpha value is -2.44. The average Bonchev–Trinajstić information content (AvgIpc) is 3.02.